The number of amides is 3. The summed E-state index contributed by atoms with van der Waals surface area (Å²) in [7, 11) is 0. The zero-order valence-corrected chi connectivity index (χ0v) is 16.7. The first kappa shape index (κ1) is 20.2. The highest BCUT2D eigenvalue weighted by molar-refractivity contribution is 5.95. The normalized spacial score (nSPS) is 28.3. The zero-order valence-electron chi connectivity index (χ0n) is 16.7. The van der Waals surface area contributed by atoms with Gasteiger partial charge in [-0.2, -0.15) is 5.26 Å². The summed E-state index contributed by atoms with van der Waals surface area (Å²) < 4.78 is 10.1. The molecule has 0 unspecified atom stereocenters. The number of hydrogen-bond acceptors (Lipinski definition) is 6. The third-order valence-corrected chi connectivity index (χ3v) is 6.37. The molecule has 3 amide bonds. The van der Waals surface area contributed by atoms with Crippen LogP contribution in [0.5, 0.6) is 5.75 Å². The van der Waals surface area contributed by atoms with Crippen molar-refractivity contribution in [3.63, 3.8) is 0 Å². The first-order valence-corrected chi connectivity index (χ1v) is 10.3. The number of nitrogens with zero attached hydrogens (tertiary/aromatic N) is 1. The van der Waals surface area contributed by atoms with Crippen LogP contribution in [0.4, 0.5) is 4.79 Å². The number of nitriles is 1. The van der Waals surface area contributed by atoms with Gasteiger partial charge in [-0.3, -0.25) is 10.1 Å². The van der Waals surface area contributed by atoms with Crippen LogP contribution in [-0.2, 0) is 14.3 Å². The van der Waals surface area contributed by atoms with E-state index in [0.29, 0.717) is 29.1 Å². The highest BCUT2D eigenvalue weighted by Crippen LogP contribution is 2.55. The number of benzene rings is 1. The van der Waals surface area contributed by atoms with Crippen LogP contribution >= 0.6 is 0 Å². The molecule has 8 nitrogen and oxygen atoms in total. The Hall–Kier alpha value is -3.08. The molecule has 0 radical (unpaired) electrons. The van der Waals surface area contributed by atoms with Crippen LogP contribution < -0.4 is 15.4 Å². The monoisotopic (exact) mass is 411 g/mol. The summed E-state index contributed by atoms with van der Waals surface area (Å²) in [5.41, 5.74) is 0.290. The lowest BCUT2D eigenvalue weighted by atomic mass is 9.53. The van der Waals surface area contributed by atoms with E-state index in [-0.39, 0.29) is 12.1 Å². The standard InChI is InChI=1S/C22H25N3O5/c23-11-14-1-3-18(4-2-14)29-13-20(27)30-12-19(26)24-21(28)25-22-8-15-5-16(9-22)7-17(6-15)10-22/h1-4,15-17H,5-10,12-13H2,(H2,24,25,26,28). The second kappa shape index (κ2) is 8.34. The molecule has 0 heterocycles. The smallest absolute Gasteiger partial charge is 0.344 e. The molecule has 4 fully saturated rings. The van der Waals surface area contributed by atoms with Gasteiger partial charge in [0.1, 0.15) is 5.75 Å². The Labute approximate surface area is 174 Å². The van der Waals surface area contributed by atoms with Gasteiger partial charge >= 0.3 is 12.0 Å². The molecular weight excluding hydrogens is 386 g/mol. The van der Waals surface area contributed by atoms with E-state index in [9.17, 15) is 14.4 Å². The molecule has 4 saturated carbocycles. The molecule has 0 atom stereocenters. The summed E-state index contributed by atoms with van der Waals surface area (Å²) in [5, 5.41) is 14.0. The summed E-state index contributed by atoms with van der Waals surface area (Å²) in [6.07, 6.45) is 6.76. The third-order valence-electron chi connectivity index (χ3n) is 6.37. The van der Waals surface area contributed by atoms with Gasteiger partial charge in [-0.05, 0) is 80.5 Å². The minimum atomic E-state index is -0.726. The number of rotatable bonds is 6. The van der Waals surface area contributed by atoms with Crippen LogP contribution in [0.2, 0.25) is 0 Å². The lowest BCUT2D eigenvalue weighted by Crippen LogP contribution is -2.62. The van der Waals surface area contributed by atoms with Crippen molar-refractivity contribution < 1.29 is 23.9 Å². The number of imide groups is 1. The van der Waals surface area contributed by atoms with Gasteiger partial charge in [0.05, 0.1) is 11.6 Å². The summed E-state index contributed by atoms with van der Waals surface area (Å²) >= 11 is 0. The number of urea groups is 1. The average Bonchev–Trinajstić information content (AvgIpc) is 2.69. The maximum Gasteiger partial charge on any atom is 0.344 e. The van der Waals surface area contributed by atoms with Crippen LogP contribution in [0, 0.1) is 29.1 Å². The van der Waals surface area contributed by atoms with Crippen LogP contribution in [-0.4, -0.2) is 36.7 Å². The largest absolute Gasteiger partial charge is 0.482 e. The van der Waals surface area contributed by atoms with Crippen molar-refractivity contribution in [1.82, 2.24) is 10.6 Å². The lowest BCUT2D eigenvalue weighted by Gasteiger charge is -2.56. The van der Waals surface area contributed by atoms with Crippen LogP contribution in [0.3, 0.4) is 0 Å². The number of nitrogens with one attached hydrogen (secondary N) is 2. The SMILES string of the molecule is N#Cc1ccc(OCC(=O)OCC(=O)NC(=O)NC23CC4CC(CC(C4)C2)C3)cc1. The van der Waals surface area contributed by atoms with Crippen LogP contribution in [0.15, 0.2) is 24.3 Å². The molecule has 8 heteroatoms. The number of ether oxygens (including phenoxy) is 2. The van der Waals surface area contributed by atoms with E-state index in [4.69, 9.17) is 14.7 Å². The van der Waals surface area contributed by atoms with E-state index in [1.807, 2.05) is 6.07 Å². The molecule has 0 spiro atoms. The number of carbonyl (C=O) groups is 3. The fourth-order valence-corrected chi connectivity index (χ4v) is 5.65. The first-order valence-electron chi connectivity index (χ1n) is 10.3. The molecule has 4 aliphatic rings. The Bertz CT molecular complexity index is 838. The second-order valence-corrected chi connectivity index (χ2v) is 8.79. The van der Waals surface area contributed by atoms with Gasteiger partial charge in [-0.1, -0.05) is 0 Å². The predicted octanol–water partition coefficient (Wildman–Crippen LogP) is 2.27. The van der Waals surface area contributed by atoms with Gasteiger partial charge in [0.2, 0.25) is 0 Å². The van der Waals surface area contributed by atoms with Crippen molar-refractivity contribution in [3.8, 4) is 11.8 Å². The quantitative estimate of drug-likeness (QED) is 0.694. The molecule has 30 heavy (non-hydrogen) atoms. The van der Waals surface area contributed by atoms with E-state index < -0.39 is 24.5 Å². The highest BCUT2D eigenvalue weighted by atomic mass is 16.6. The van der Waals surface area contributed by atoms with Crippen molar-refractivity contribution in [2.45, 2.75) is 44.1 Å². The van der Waals surface area contributed by atoms with Crippen molar-refractivity contribution in [3.05, 3.63) is 29.8 Å². The Kier molecular flexibility index (Phi) is 5.62. The fraction of sp³-hybridized carbons (Fsp3) is 0.545. The molecule has 5 rings (SSSR count). The Morgan fingerprint density at radius 1 is 1.00 bits per heavy atom. The maximum atomic E-state index is 12.3. The summed E-state index contributed by atoms with van der Waals surface area (Å²) in [5.74, 6) is 1.06. The molecule has 2 N–H and O–H groups in total. The molecule has 158 valence electrons. The van der Waals surface area contributed by atoms with Gasteiger partial charge in [0.15, 0.2) is 13.2 Å². The predicted molar refractivity (Wildman–Crippen MR) is 105 cm³/mol. The molecule has 1 aromatic carbocycles. The van der Waals surface area contributed by atoms with Gasteiger partial charge in [-0.25, -0.2) is 9.59 Å². The Morgan fingerprint density at radius 3 is 2.17 bits per heavy atom. The number of carbonyl (C=O) groups excluding carboxylic acids is 3. The van der Waals surface area contributed by atoms with Gasteiger partial charge in [-0.15, -0.1) is 0 Å². The van der Waals surface area contributed by atoms with E-state index >= 15 is 0 Å². The van der Waals surface area contributed by atoms with Crippen molar-refractivity contribution in [1.29, 1.82) is 5.26 Å². The van der Waals surface area contributed by atoms with Crippen LogP contribution in [0.1, 0.15) is 44.1 Å². The highest BCUT2D eigenvalue weighted by Gasteiger charge is 2.51. The minimum Gasteiger partial charge on any atom is -0.482 e. The first-order chi connectivity index (χ1) is 14.4. The summed E-state index contributed by atoms with van der Waals surface area (Å²) in [6.45, 7) is -0.928. The molecule has 0 aromatic heterocycles. The molecule has 4 bridgehead atoms. The third kappa shape index (κ3) is 4.73. The molecular formula is C22H25N3O5. The van der Waals surface area contributed by atoms with E-state index in [2.05, 4.69) is 10.6 Å². The van der Waals surface area contributed by atoms with E-state index in [1.165, 1.54) is 19.3 Å². The fourth-order valence-electron chi connectivity index (χ4n) is 5.65. The summed E-state index contributed by atoms with van der Waals surface area (Å²) in [4.78, 5) is 36.0. The maximum absolute atomic E-state index is 12.3. The number of esters is 1. The minimum absolute atomic E-state index is 0.190. The Balaban J connectivity index is 1.17. The van der Waals surface area contributed by atoms with Crippen molar-refractivity contribution in [2.24, 2.45) is 17.8 Å². The molecule has 0 aliphatic heterocycles. The lowest BCUT2D eigenvalue weighted by molar-refractivity contribution is -0.150. The van der Waals surface area contributed by atoms with Gasteiger partial charge in [0.25, 0.3) is 5.91 Å². The average molecular weight is 411 g/mol. The number of hydrogen-bond donors (Lipinski definition) is 2. The van der Waals surface area contributed by atoms with Crippen LogP contribution in [0.25, 0.3) is 0 Å². The molecule has 0 saturated heterocycles. The zero-order chi connectivity index (χ0) is 21.1. The second-order valence-electron chi connectivity index (χ2n) is 8.79. The molecule has 1 aromatic rings. The summed E-state index contributed by atoms with van der Waals surface area (Å²) in [6, 6.07) is 7.72. The van der Waals surface area contributed by atoms with Crippen molar-refractivity contribution in [2.75, 3.05) is 13.2 Å². The van der Waals surface area contributed by atoms with Crippen molar-refractivity contribution >= 4 is 17.9 Å². The topological polar surface area (TPSA) is 118 Å². The Morgan fingerprint density at radius 2 is 1.60 bits per heavy atom. The molecule has 4 aliphatic carbocycles. The van der Waals surface area contributed by atoms with Gasteiger partial charge in [0, 0.05) is 5.54 Å². The van der Waals surface area contributed by atoms with E-state index in [0.717, 1.165) is 19.3 Å². The van der Waals surface area contributed by atoms with Gasteiger partial charge < -0.3 is 14.8 Å². The van der Waals surface area contributed by atoms with E-state index in [1.54, 1.807) is 24.3 Å².